The van der Waals surface area contributed by atoms with Gasteiger partial charge >= 0.3 is 0 Å². The van der Waals surface area contributed by atoms with E-state index in [2.05, 4.69) is 59.0 Å². The third-order valence-corrected chi connectivity index (χ3v) is 7.19. The lowest BCUT2D eigenvalue weighted by molar-refractivity contribution is -0.117. The van der Waals surface area contributed by atoms with E-state index in [1.807, 2.05) is 24.5 Å². The van der Waals surface area contributed by atoms with Gasteiger partial charge in [0, 0.05) is 56.8 Å². The van der Waals surface area contributed by atoms with Crippen LogP contribution in [0.1, 0.15) is 12.8 Å². The number of thiophene rings is 1. The number of fused-ring (bicyclic) bond motifs is 2. The molecule has 6 aromatic rings. The van der Waals surface area contributed by atoms with Crippen molar-refractivity contribution in [3.8, 4) is 33.0 Å². The van der Waals surface area contributed by atoms with E-state index in [0.717, 1.165) is 57.2 Å². The molecule has 1 fully saturated rings. The highest BCUT2D eigenvalue weighted by Crippen LogP contribution is 2.36. The van der Waals surface area contributed by atoms with Gasteiger partial charge in [0.15, 0.2) is 5.65 Å². The molecule has 9 heteroatoms. The van der Waals surface area contributed by atoms with Crippen LogP contribution in [0, 0.1) is 5.92 Å². The molecule has 1 aliphatic rings. The zero-order valence-electron chi connectivity index (χ0n) is 18.4. The SMILES string of the molecule is O=C(Nc1cncc(-c2cnc3[nH]nc(-c4cc5c(-c6cccs6)cncc5[nH]4)c3c2)c1)C1CC1. The molecule has 3 N–H and O–H groups in total. The summed E-state index contributed by atoms with van der Waals surface area (Å²) < 4.78 is 0. The first-order valence-electron chi connectivity index (χ1n) is 11.3. The maximum absolute atomic E-state index is 12.2. The van der Waals surface area contributed by atoms with Gasteiger partial charge in [0.1, 0.15) is 5.69 Å². The third-order valence-electron chi connectivity index (χ3n) is 6.29. The summed E-state index contributed by atoms with van der Waals surface area (Å²) in [4.78, 5) is 30.1. The first-order valence-corrected chi connectivity index (χ1v) is 12.2. The lowest BCUT2D eigenvalue weighted by Gasteiger charge is -2.07. The number of aromatic nitrogens is 6. The first-order chi connectivity index (χ1) is 17.2. The molecule has 8 nitrogen and oxygen atoms in total. The third kappa shape index (κ3) is 3.57. The fraction of sp³-hybridized carbons (Fsp3) is 0.115. The van der Waals surface area contributed by atoms with E-state index in [0.29, 0.717) is 11.3 Å². The van der Waals surface area contributed by atoms with E-state index in [1.165, 1.54) is 4.88 Å². The van der Waals surface area contributed by atoms with Crippen molar-refractivity contribution in [2.45, 2.75) is 12.8 Å². The summed E-state index contributed by atoms with van der Waals surface area (Å²) in [7, 11) is 0. The maximum atomic E-state index is 12.2. The average molecular weight is 478 g/mol. The number of nitrogens with one attached hydrogen (secondary N) is 3. The number of carbonyl (C=O) groups is 1. The first kappa shape index (κ1) is 20.0. The molecule has 0 bridgehead atoms. The molecule has 0 unspecified atom stereocenters. The minimum Gasteiger partial charge on any atom is -0.352 e. The highest BCUT2D eigenvalue weighted by Gasteiger charge is 2.29. The number of aromatic amines is 2. The molecule has 0 radical (unpaired) electrons. The fourth-order valence-corrected chi connectivity index (χ4v) is 5.08. The maximum Gasteiger partial charge on any atom is 0.227 e. The Morgan fingerprint density at radius 2 is 1.89 bits per heavy atom. The van der Waals surface area contributed by atoms with Crippen molar-refractivity contribution in [3.05, 3.63) is 66.7 Å². The number of H-pyrrole nitrogens is 2. The Morgan fingerprint density at radius 3 is 2.74 bits per heavy atom. The van der Waals surface area contributed by atoms with E-state index < -0.39 is 0 Å². The molecule has 0 saturated heterocycles. The molecule has 6 heterocycles. The number of rotatable bonds is 5. The second kappa shape index (κ2) is 7.85. The zero-order valence-corrected chi connectivity index (χ0v) is 19.3. The quantitative estimate of drug-likeness (QED) is 0.297. The summed E-state index contributed by atoms with van der Waals surface area (Å²) in [5, 5.41) is 14.6. The minimum atomic E-state index is 0.0601. The van der Waals surface area contributed by atoms with Crippen LogP contribution in [0.3, 0.4) is 0 Å². The predicted octanol–water partition coefficient (Wildman–Crippen LogP) is 5.64. The number of amides is 1. The van der Waals surface area contributed by atoms with Gasteiger partial charge in [-0.05, 0) is 42.5 Å². The minimum absolute atomic E-state index is 0.0601. The molecule has 0 aliphatic heterocycles. The Kier molecular flexibility index (Phi) is 4.49. The van der Waals surface area contributed by atoms with Crippen molar-refractivity contribution >= 4 is 44.9 Å². The predicted molar refractivity (Wildman–Crippen MR) is 137 cm³/mol. The lowest BCUT2D eigenvalue weighted by atomic mass is 10.1. The van der Waals surface area contributed by atoms with Crippen LogP contribution in [0.15, 0.2) is 66.7 Å². The van der Waals surface area contributed by atoms with E-state index in [9.17, 15) is 4.79 Å². The van der Waals surface area contributed by atoms with Crippen LogP contribution < -0.4 is 5.32 Å². The smallest absolute Gasteiger partial charge is 0.227 e. The molecule has 0 atom stereocenters. The summed E-state index contributed by atoms with van der Waals surface area (Å²) in [6.07, 6.45) is 10.9. The van der Waals surface area contributed by atoms with Gasteiger partial charge in [0.2, 0.25) is 5.91 Å². The summed E-state index contributed by atoms with van der Waals surface area (Å²) in [5.41, 5.74) is 6.88. The van der Waals surface area contributed by atoms with Crippen LogP contribution in [0.5, 0.6) is 0 Å². The number of hydrogen-bond donors (Lipinski definition) is 3. The number of hydrogen-bond acceptors (Lipinski definition) is 6. The van der Waals surface area contributed by atoms with Gasteiger partial charge in [-0.2, -0.15) is 5.10 Å². The Hall–Kier alpha value is -4.37. The number of pyridine rings is 3. The average Bonchev–Trinajstić information content (AvgIpc) is 3.26. The molecule has 1 saturated carbocycles. The van der Waals surface area contributed by atoms with Crippen molar-refractivity contribution < 1.29 is 4.79 Å². The highest BCUT2D eigenvalue weighted by molar-refractivity contribution is 7.13. The molecule has 1 amide bonds. The summed E-state index contributed by atoms with van der Waals surface area (Å²) in [5.74, 6) is 0.196. The molecular formula is C26H19N7OS. The topological polar surface area (TPSA) is 112 Å². The fourth-order valence-electron chi connectivity index (χ4n) is 4.33. The van der Waals surface area contributed by atoms with Crippen molar-refractivity contribution in [1.82, 2.24) is 30.1 Å². The molecule has 170 valence electrons. The van der Waals surface area contributed by atoms with Crippen molar-refractivity contribution in [3.63, 3.8) is 0 Å². The van der Waals surface area contributed by atoms with Gasteiger partial charge in [0.25, 0.3) is 0 Å². The van der Waals surface area contributed by atoms with Crippen molar-refractivity contribution in [2.24, 2.45) is 5.92 Å². The lowest BCUT2D eigenvalue weighted by Crippen LogP contribution is -2.13. The summed E-state index contributed by atoms with van der Waals surface area (Å²) in [6, 6.07) is 10.2. The zero-order chi connectivity index (χ0) is 23.4. The van der Waals surface area contributed by atoms with Gasteiger partial charge in [-0.1, -0.05) is 6.07 Å². The van der Waals surface area contributed by atoms with Gasteiger partial charge in [0.05, 0.1) is 29.3 Å². The number of carbonyl (C=O) groups excluding carboxylic acids is 1. The van der Waals surface area contributed by atoms with Crippen molar-refractivity contribution in [2.75, 3.05) is 5.32 Å². The molecule has 0 spiro atoms. The highest BCUT2D eigenvalue weighted by atomic mass is 32.1. The second-order valence-electron chi connectivity index (χ2n) is 8.73. The Morgan fingerprint density at radius 1 is 1.00 bits per heavy atom. The van der Waals surface area contributed by atoms with E-state index in [1.54, 1.807) is 29.9 Å². The Labute approximate surface area is 203 Å². The monoisotopic (exact) mass is 477 g/mol. The van der Waals surface area contributed by atoms with Crippen LogP contribution in [0.25, 0.3) is 54.9 Å². The van der Waals surface area contributed by atoms with E-state index >= 15 is 0 Å². The van der Waals surface area contributed by atoms with Gasteiger partial charge in [-0.25, -0.2) is 4.98 Å². The normalized spacial score (nSPS) is 13.5. The number of nitrogens with zero attached hydrogens (tertiary/aromatic N) is 4. The molecule has 1 aliphatic carbocycles. The van der Waals surface area contributed by atoms with Crippen LogP contribution in [-0.2, 0) is 4.79 Å². The number of anilines is 1. The summed E-state index contributed by atoms with van der Waals surface area (Å²) >= 11 is 1.69. The molecule has 7 rings (SSSR count). The molecule has 6 aromatic heterocycles. The van der Waals surface area contributed by atoms with Crippen LogP contribution in [-0.4, -0.2) is 36.0 Å². The largest absolute Gasteiger partial charge is 0.352 e. The summed E-state index contributed by atoms with van der Waals surface area (Å²) in [6.45, 7) is 0. The molecule has 0 aromatic carbocycles. The van der Waals surface area contributed by atoms with Gasteiger partial charge in [-0.15, -0.1) is 11.3 Å². The molecule has 35 heavy (non-hydrogen) atoms. The van der Waals surface area contributed by atoms with Crippen LogP contribution in [0.4, 0.5) is 5.69 Å². The Balaban J connectivity index is 1.29. The molecular weight excluding hydrogens is 458 g/mol. The van der Waals surface area contributed by atoms with Crippen LogP contribution >= 0.6 is 11.3 Å². The van der Waals surface area contributed by atoms with Crippen molar-refractivity contribution in [1.29, 1.82) is 0 Å². The van der Waals surface area contributed by atoms with Gasteiger partial charge < -0.3 is 10.3 Å². The Bertz CT molecular complexity index is 1710. The van der Waals surface area contributed by atoms with Gasteiger partial charge in [-0.3, -0.25) is 19.9 Å². The van der Waals surface area contributed by atoms with E-state index in [-0.39, 0.29) is 11.8 Å². The van der Waals surface area contributed by atoms with E-state index in [4.69, 9.17) is 0 Å². The standard InChI is InChI=1S/C26H19N7OS/c34-26(14-3-4-14)30-17-6-15(9-27-11-17)16-7-19-24(32-33-25(19)29-10-16)21-8-18-20(23-2-1-5-35-23)12-28-13-22(18)31-21/h1-2,5-14,31H,3-4H2,(H,30,34)(H,29,32,33). The second-order valence-corrected chi connectivity index (χ2v) is 9.67. The van der Waals surface area contributed by atoms with Crippen LogP contribution in [0.2, 0.25) is 0 Å².